The number of nitriles is 1. The highest BCUT2D eigenvalue weighted by Gasteiger charge is 2.10. The van der Waals surface area contributed by atoms with E-state index in [1.54, 1.807) is 50.2 Å². The third-order valence-electron chi connectivity index (χ3n) is 4.93. The number of hydrogen-bond donors (Lipinski definition) is 2. The van der Waals surface area contributed by atoms with Gasteiger partial charge in [0.05, 0.1) is 36.1 Å². The fourth-order valence-electron chi connectivity index (χ4n) is 3.23. The smallest absolute Gasteiger partial charge is 0.181 e. The number of fused-ring (bicyclic) bond motifs is 1. The molecule has 1 atom stereocenters. The van der Waals surface area contributed by atoms with Gasteiger partial charge < -0.3 is 25.3 Å². The van der Waals surface area contributed by atoms with Crippen LogP contribution in [0, 0.1) is 11.3 Å². The molecule has 7 nitrogen and oxygen atoms in total. The minimum Gasteiger partial charge on any atom is -0.493 e. The average Bonchev–Trinajstić information content (AvgIpc) is 3.26. The summed E-state index contributed by atoms with van der Waals surface area (Å²) in [6.07, 6.45) is 0.889. The first kappa shape index (κ1) is 25.9. The Morgan fingerprint density at radius 3 is 2.34 bits per heavy atom. The number of nitrogens with zero attached hydrogens (tertiary/aromatic N) is 2. The van der Waals surface area contributed by atoms with Crippen molar-refractivity contribution in [2.45, 2.75) is 17.9 Å². The van der Waals surface area contributed by atoms with Crippen molar-refractivity contribution in [3.63, 3.8) is 0 Å². The molecule has 1 heterocycles. The van der Waals surface area contributed by atoms with Gasteiger partial charge in [-0.05, 0) is 47.7 Å². The number of carbonyl (C=O) groups excluding carboxylic acids is 1. The Bertz CT molecular complexity index is 1260. The Morgan fingerprint density at radius 2 is 1.77 bits per heavy atom. The molecular formula is C26H26N4O3S2. The number of aromatic nitrogens is 1. The van der Waals surface area contributed by atoms with Gasteiger partial charge in [0.25, 0.3) is 0 Å². The summed E-state index contributed by atoms with van der Waals surface area (Å²) >= 11 is 3.20. The highest BCUT2D eigenvalue weighted by atomic mass is 32.2. The molecular weight excluding hydrogens is 480 g/mol. The van der Waals surface area contributed by atoms with E-state index in [9.17, 15) is 4.79 Å². The highest BCUT2D eigenvalue weighted by Crippen LogP contribution is 2.35. The molecule has 3 aromatic carbocycles. The van der Waals surface area contributed by atoms with Crippen molar-refractivity contribution in [1.29, 1.82) is 5.26 Å². The summed E-state index contributed by atoms with van der Waals surface area (Å²) in [5.74, 6) is 2.40. The lowest BCUT2D eigenvalue weighted by molar-refractivity contribution is -0.108. The molecule has 0 fully saturated rings. The molecule has 0 radical (unpaired) electrons. The zero-order valence-corrected chi connectivity index (χ0v) is 21.3. The van der Waals surface area contributed by atoms with Crippen LogP contribution in [0.25, 0.3) is 10.2 Å². The molecule has 1 unspecified atom stereocenters. The summed E-state index contributed by atoms with van der Waals surface area (Å²) in [6, 6.07) is 20.4. The predicted molar refractivity (Wildman–Crippen MR) is 144 cm³/mol. The molecule has 9 heteroatoms. The van der Waals surface area contributed by atoms with Crippen LogP contribution in [0.5, 0.6) is 11.5 Å². The van der Waals surface area contributed by atoms with Crippen molar-refractivity contribution in [2.75, 3.05) is 31.0 Å². The molecule has 4 aromatic rings. The van der Waals surface area contributed by atoms with Crippen LogP contribution >= 0.6 is 23.1 Å². The zero-order valence-electron chi connectivity index (χ0n) is 19.6. The number of thiazole rings is 1. The van der Waals surface area contributed by atoms with Crippen LogP contribution in [-0.4, -0.2) is 31.2 Å². The maximum absolute atomic E-state index is 11.3. The Kier molecular flexibility index (Phi) is 9.35. The summed E-state index contributed by atoms with van der Waals surface area (Å²) in [5.41, 5.74) is 8.78. The number of methoxy groups -OCH3 is 2. The highest BCUT2D eigenvalue weighted by molar-refractivity contribution is 7.99. The molecule has 0 aliphatic heterocycles. The second kappa shape index (κ2) is 12.6. The van der Waals surface area contributed by atoms with Crippen LogP contribution in [-0.2, 0) is 4.79 Å². The average molecular weight is 507 g/mol. The van der Waals surface area contributed by atoms with Crippen LogP contribution < -0.4 is 20.5 Å². The van der Waals surface area contributed by atoms with Crippen molar-refractivity contribution >= 4 is 50.4 Å². The van der Waals surface area contributed by atoms with Crippen LogP contribution in [0.15, 0.2) is 65.6 Å². The molecule has 35 heavy (non-hydrogen) atoms. The molecule has 0 amide bonds. The largest absolute Gasteiger partial charge is 0.493 e. The lowest BCUT2D eigenvalue weighted by Crippen LogP contribution is -2.11. The Morgan fingerprint density at radius 1 is 1.11 bits per heavy atom. The van der Waals surface area contributed by atoms with Crippen molar-refractivity contribution in [1.82, 2.24) is 4.98 Å². The number of anilines is 2. The Balaban J connectivity index is 0.000000211. The van der Waals surface area contributed by atoms with Crippen molar-refractivity contribution in [3.05, 3.63) is 71.8 Å². The van der Waals surface area contributed by atoms with Gasteiger partial charge in [0.1, 0.15) is 12.3 Å². The van der Waals surface area contributed by atoms with Crippen molar-refractivity contribution < 1.29 is 14.3 Å². The third-order valence-corrected chi connectivity index (χ3v) is 6.67. The Labute approximate surface area is 212 Å². The van der Waals surface area contributed by atoms with E-state index in [1.165, 1.54) is 16.2 Å². The number of nitrogens with one attached hydrogen (secondary N) is 1. The van der Waals surface area contributed by atoms with Gasteiger partial charge in [0.15, 0.2) is 16.6 Å². The number of hydrogen-bond acceptors (Lipinski definition) is 9. The van der Waals surface area contributed by atoms with Crippen LogP contribution in [0.2, 0.25) is 0 Å². The fraction of sp³-hybridized carbons (Fsp3) is 0.192. The minimum atomic E-state index is -0.390. The van der Waals surface area contributed by atoms with Gasteiger partial charge in [0, 0.05) is 22.7 Å². The lowest BCUT2D eigenvalue weighted by Gasteiger charge is -2.15. The quantitative estimate of drug-likeness (QED) is 0.224. The van der Waals surface area contributed by atoms with Crippen molar-refractivity contribution in [2.24, 2.45) is 0 Å². The SMILES string of the molecule is CCSc1ccc(C(C=O)Nc2ccc(C#N)cc2)cc1.COc1cc2nc(N)sc2cc1OC. The van der Waals surface area contributed by atoms with E-state index in [4.69, 9.17) is 20.5 Å². The van der Waals surface area contributed by atoms with Gasteiger partial charge in [0.2, 0.25) is 0 Å². The fourth-order valence-corrected chi connectivity index (χ4v) is 4.63. The zero-order chi connectivity index (χ0) is 25.2. The molecule has 0 aliphatic rings. The molecule has 0 aliphatic carbocycles. The van der Waals surface area contributed by atoms with E-state index in [2.05, 4.69) is 23.3 Å². The van der Waals surface area contributed by atoms with E-state index in [-0.39, 0.29) is 0 Å². The number of aldehydes is 1. The van der Waals surface area contributed by atoms with Gasteiger partial charge >= 0.3 is 0 Å². The van der Waals surface area contributed by atoms with Gasteiger partial charge in [-0.1, -0.05) is 30.4 Å². The lowest BCUT2D eigenvalue weighted by atomic mass is 10.1. The van der Waals surface area contributed by atoms with Gasteiger partial charge in [-0.15, -0.1) is 11.8 Å². The van der Waals surface area contributed by atoms with E-state index < -0.39 is 6.04 Å². The molecule has 0 bridgehead atoms. The Hall–Kier alpha value is -3.74. The summed E-state index contributed by atoms with van der Waals surface area (Å²) in [7, 11) is 3.20. The number of nitrogens with two attached hydrogens (primary N) is 1. The number of ether oxygens (including phenoxy) is 2. The topological polar surface area (TPSA) is 110 Å². The standard InChI is InChI=1S/C17H16N2OS.C9H10N2O2S/c1-2-21-16-9-5-14(6-10-16)17(12-20)19-15-7-3-13(11-18)4-8-15;1-12-6-3-5-8(4-7(6)13-2)14-9(10)11-5/h3-10,12,17,19H,2H2,1H3;3-4H,1-2H3,(H2,10,11). The molecule has 4 rings (SSSR count). The maximum Gasteiger partial charge on any atom is 0.181 e. The first-order valence-corrected chi connectivity index (χ1v) is 12.5. The summed E-state index contributed by atoms with van der Waals surface area (Å²) in [5, 5.41) is 12.5. The third kappa shape index (κ3) is 6.88. The normalized spacial score (nSPS) is 11.0. The summed E-state index contributed by atoms with van der Waals surface area (Å²) < 4.78 is 11.3. The van der Waals surface area contributed by atoms with E-state index in [0.717, 1.165) is 33.5 Å². The predicted octanol–water partition coefficient (Wildman–Crippen LogP) is 5.92. The van der Waals surface area contributed by atoms with Crippen LogP contribution in [0.1, 0.15) is 24.1 Å². The minimum absolute atomic E-state index is 0.390. The second-order valence-corrected chi connectivity index (χ2v) is 9.58. The number of carbonyl (C=O) groups is 1. The van der Waals surface area contributed by atoms with Gasteiger partial charge in [-0.2, -0.15) is 5.26 Å². The molecule has 0 saturated carbocycles. The number of rotatable bonds is 8. The van der Waals surface area contributed by atoms with Crippen molar-refractivity contribution in [3.8, 4) is 17.6 Å². The molecule has 0 saturated heterocycles. The monoisotopic (exact) mass is 506 g/mol. The van der Waals surface area contributed by atoms with Crippen LogP contribution in [0.4, 0.5) is 10.8 Å². The van der Waals surface area contributed by atoms with Gasteiger partial charge in [-0.3, -0.25) is 0 Å². The first-order valence-electron chi connectivity index (χ1n) is 10.7. The number of thioether (sulfide) groups is 1. The molecule has 180 valence electrons. The molecule has 1 aromatic heterocycles. The molecule has 3 N–H and O–H groups in total. The summed E-state index contributed by atoms with van der Waals surface area (Å²) in [6.45, 7) is 2.11. The van der Waals surface area contributed by atoms with Crippen LogP contribution in [0.3, 0.4) is 0 Å². The molecule has 0 spiro atoms. The van der Waals surface area contributed by atoms with E-state index in [0.29, 0.717) is 22.2 Å². The second-order valence-electron chi connectivity index (χ2n) is 7.18. The maximum atomic E-state index is 11.3. The van der Waals surface area contributed by atoms with E-state index in [1.807, 2.05) is 36.4 Å². The van der Waals surface area contributed by atoms with E-state index >= 15 is 0 Å². The summed E-state index contributed by atoms with van der Waals surface area (Å²) in [4.78, 5) is 16.7. The number of nitrogen functional groups attached to an aromatic ring is 1. The number of benzene rings is 3. The van der Waals surface area contributed by atoms with Gasteiger partial charge in [-0.25, -0.2) is 4.98 Å². The first-order chi connectivity index (χ1) is 17.0.